The molecule has 1 saturated carbocycles. The maximum atomic E-state index is 11.7. The third-order valence-corrected chi connectivity index (χ3v) is 3.17. The van der Waals surface area contributed by atoms with Crippen LogP contribution in [-0.4, -0.2) is 28.1 Å². The van der Waals surface area contributed by atoms with E-state index in [1.807, 2.05) is 0 Å². The second kappa shape index (κ2) is 4.39. The molecule has 1 aromatic heterocycles. The van der Waals surface area contributed by atoms with E-state index in [0.717, 1.165) is 19.3 Å². The summed E-state index contributed by atoms with van der Waals surface area (Å²) in [6.45, 7) is 0.275. The van der Waals surface area contributed by atoms with Crippen LogP contribution in [0.4, 0.5) is 0 Å². The molecule has 2 rings (SSSR count). The lowest BCUT2D eigenvalue weighted by molar-refractivity contribution is -0.0300. The van der Waals surface area contributed by atoms with E-state index in [1.165, 1.54) is 6.20 Å². The fourth-order valence-corrected chi connectivity index (χ4v) is 1.86. The van der Waals surface area contributed by atoms with Gasteiger partial charge in [0.25, 0.3) is 5.91 Å². The average Bonchev–Trinajstić information content (AvgIpc) is 2.24. The van der Waals surface area contributed by atoms with Crippen LogP contribution < -0.4 is 5.32 Å². The van der Waals surface area contributed by atoms with Gasteiger partial charge in [-0.15, -0.1) is 0 Å². The predicted octanol–water partition coefficient (Wildman–Crippen LogP) is 1.38. The van der Waals surface area contributed by atoms with Crippen LogP contribution in [-0.2, 0) is 0 Å². The van der Waals surface area contributed by atoms with Gasteiger partial charge in [-0.05, 0) is 31.4 Å². The van der Waals surface area contributed by atoms with Crippen LogP contribution in [0.25, 0.3) is 0 Å². The van der Waals surface area contributed by atoms with Crippen molar-refractivity contribution in [3.05, 3.63) is 29.0 Å². The fraction of sp³-hybridized carbons (Fsp3) is 0.455. The standard InChI is InChI=1S/C11H13ClN2O2/c12-9-8(3-1-6-13-9)10(15)14-7-11(16)4-2-5-11/h1,3,6,16H,2,4-5,7H2,(H,14,15). The van der Waals surface area contributed by atoms with Gasteiger partial charge in [0.05, 0.1) is 11.2 Å². The number of aliphatic hydroxyl groups is 1. The molecule has 0 atom stereocenters. The second-order valence-electron chi connectivity index (χ2n) is 4.10. The minimum atomic E-state index is -0.718. The molecule has 1 heterocycles. The van der Waals surface area contributed by atoms with Gasteiger partial charge in [0.1, 0.15) is 5.15 Å². The molecule has 1 fully saturated rings. The predicted molar refractivity (Wildman–Crippen MR) is 60.4 cm³/mol. The van der Waals surface area contributed by atoms with E-state index >= 15 is 0 Å². The zero-order valence-electron chi connectivity index (χ0n) is 8.74. The minimum Gasteiger partial charge on any atom is -0.388 e. The summed E-state index contributed by atoms with van der Waals surface area (Å²) >= 11 is 5.78. The summed E-state index contributed by atoms with van der Waals surface area (Å²) in [4.78, 5) is 15.5. The van der Waals surface area contributed by atoms with Crippen molar-refractivity contribution in [2.75, 3.05) is 6.54 Å². The number of nitrogens with zero attached hydrogens (tertiary/aromatic N) is 1. The second-order valence-corrected chi connectivity index (χ2v) is 4.46. The zero-order valence-corrected chi connectivity index (χ0v) is 9.50. The SMILES string of the molecule is O=C(NCC1(O)CCC1)c1cccnc1Cl. The molecule has 1 amide bonds. The number of amides is 1. The molecule has 0 aliphatic heterocycles. The van der Waals surface area contributed by atoms with Crippen LogP contribution in [0, 0.1) is 0 Å². The Morgan fingerprint density at radius 2 is 2.38 bits per heavy atom. The molecule has 0 radical (unpaired) electrons. The third kappa shape index (κ3) is 2.33. The summed E-state index contributed by atoms with van der Waals surface area (Å²) in [5.41, 5.74) is -0.378. The Morgan fingerprint density at radius 1 is 1.62 bits per heavy atom. The van der Waals surface area contributed by atoms with Crippen LogP contribution in [0.5, 0.6) is 0 Å². The molecule has 0 saturated heterocycles. The molecule has 1 aliphatic rings. The van der Waals surface area contributed by atoms with Crippen molar-refractivity contribution in [2.45, 2.75) is 24.9 Å². The van der Waals surface area contributed by atoms with Gasteiger partial charge in [0.2, 0.25) is 0 Å². The maximum Gasteiger partial charge on any atom is 0.254 e. The van der Waals surface area contributed by atoms with Gasteiger partial charge in [0.15, 0.2) is 0 Å². The summed E-state index contributed by atoms with van der Waals surface area (Å²) in [6.07, 6.45) is 4.03. The highest BCUT2D eigenvalue weighted by Crippen LogP contribution is 2.30. The summed E-state index contributed by atoms with van der Waals surface area (Å²) in [6, 6.07) is 3.26. The van der Waals surface area contributed by atoms with Gasteiger partial charge in [-0.25, -0.2) is 4.98 Å². The smallest absolute Gasteiger partial charge is 0.254 e. The van der Waals surface area contributed by atoms with Crippen molar-refractivity contribution >= 4 is 17.5 Å². The highest BCUT2D eigenvalue weighted by molar-refractivity contribution is 6.32. The number of aromatic nitrogens is 1. The molecule has 86 valence electrons. The number of rotatable bonds is 3. The van der Waals surface area contributed by atoms with E-state index in [1.54, 1.807) is 12.1 Å². The summed E-state index contributed by atoms with van der Waals surface area (Å²) in [5, 5.41) is 12.7. The lowest BCUT2D eigenvalue weighted by atomic mass is 9.80. The topological polar surface area (TPSA) is 62.2 Å². The Kier molecular flexibility index (Phi) is 3.12. The number of halogens is 1. The van der Waals surface area contributed by atoms with Crippen molar-refractivity contribution in [2.24, 2.45) is 0 Å². The van der Waals surface area contributed by atoms with Crippen LogP contribution in [0.2, 0.25) is 5.15 Å². The molecule has 5 heteroatoms. The normalized spacial score (nSPS) is 17.6. The van der Waals surface area contributed by atoms with Crippen molar-refractivity contribution < 1.29 is 9.90 Å². The Hall–Kier alpha value is -1.13. The first kappa shape index (κ1) is 11.4. The van der Waals surface area contributed by atoms with Crippen molar-refractivity contribution in [1.82, 2.24) is 10.3 Å². The molecule has 1 aromatic rings. The van der Waals surface area contributed by atoms with Gasteiger partial charge >= 0.3 is 0 Å². The third-order valence-electron chi connectivity index (χ3n) is 2.87. The van der Waals surface area contributed by atoms with Crippen LogP contribution in [0.15, 0.2) is 18.3 Å². The van der Waals surface area contributed by atoms with E-state index in [9.17, 15) is 9.90 Å². The Morgan fingerprint density at radius 3 is 2.94 bits per heavy atom. The van der Waals surface area contributed by atoms with Crippen LogP contribution in [0.1, 0.15) is 29.6 Å². The molecule has 0 unspecified atom stereocenters. The first-order valence-corrected chi connectivity index (χ1v) is 5.60. The first-order chi connectivity index (χ1) is 7.61. The number of hydrogen-bond acceptors (Lipinski definition) is 3. The summed E-state index contributed by atoms with van der Waals surface area (Å²) in [7, 11) is 0. The molecule has 4 nitrogen and oxygen atoms in total. The lowest BCUT2D eigenvalue weighted by Gasteiger charge is -2.36. The van der Waals surface area contributed by atoms with E-state index < -0.39 is 5.60 Å². The number of hydrogen-bond donors (Lipinski definition) is 2. The van der Waals surface area contributed by atoms with E-state index in [0.29, 0.717) is 5.56 Å². The molecular weight excluding hydrogens is 228 g/mol. The molecular formula is C11H13ClN2O2. The number of carbonyl (C=O) groups is 1. The Labute approximate surface area is 98.6 Å². The van der Waals surface area contributed by atoms with Crippen LogP contribution in [0.3, 0.4) is 0 Å². The Bertz CT molecular complexity index is 405. The van der Waals surface area contributed by atoms with E-state index in [4.69, 9.17) is 11.6 Å². The van der Waals surface area contributed by atoms with Gasteiger partial charge in [-0.3, -0.25) is 4.79 Å². The monoisotopic (exact) mass is 240 g/mol. The van der Waals surface area contributed by atoms with Gasteiger partial charge < -0.3 is 10.4 Å². The molecule has 0 spiro atoms. The largest absolute Gasteiger partial charge is 0.388 e. The Balaban J connectivity index is 1.96. The quantitative estimate of drug-likeness (QED) is 0.785. The molecule has 0 aromatic carbocycles. The zero-order chi connectivity index (χ0) is 11.6. The maximum absolute atomic E-state index is 11.7. The number of pyridine rings is 1. The number of nitrogens with one attached hydrogen (secondary N) is 1. The highest BCUT2D eigenvalue weighted by atomic mass is 35.5. The van der Waals surface area contributed by atoms with Crippen molar-refractivity contribution in [3.8, 4) is 0 Å². The fourth-order valence-electron chi connectivity index (χ4n) is 1.66. The minimum absolute atomic E-state index is 0.181. The van der Waals surface area contributed by atoms with Crippen molar-refractivity contribution in [1.29, 1.82) is 0 Å². The van der Waals surface area contributed by atoms with Crippen molar-refractivity contribution in [3.63, 3.8) is 0 Å². The molecule has 1 aliphatic carbocycles. The van der Waals surface area contributed by atoms with E-state index in [-0.39, 0.29) is 17.6 Å². The number of carbonyl (C=O) groups excluding carboxylic acids is 1. The molecule has 2 N–H and O–H groups in total. The average molecular weight is 241 g/mol. The van der Waals surface area contributed by atoms with Gasteiger partial charge in [0, 0.05) is 12.7 Å². The van der Waals surface area contributed by atoms with Crippen LogP contribution >= 0.6 is 11.6 Å². The summed E-state index contributed by atoms with van der Waals surface area (Å²) in [5.74, 6) is -0.293. The first-order valence-electron chi connectivity index (χ1n) is 5.22. The van der Waals surface area contributed by atoms with E-state index in [2.05, 4.69) is 10.3 Å². The van der Waals surface area contributed by atoms with Gasteiger partial charge in [-0.1, -0.05) is 11.6 Å². The molecule has 0 bridgehead atoms. The highest BCUT2D eigenvalue weighted by Gasteiger charge is 2.34. The lowest BCUT2D eigenvalue weighted by Crippen LogP contribution is -2.47. The van der Waals surface area contributed by atoms with Gasteiger partial charge in [-0.2, -0.15) is 0 Å². The molecule has 16 heavy (non-hydrogen) atoms. The summed E-state index contributed by atoms with van der Waals surface area (Å²) < 4.78 is 0.